The van der Waals surface area contributed by atoms with E-state index in [1.54, 1.807) is 17.0 Å². The maximum absolute atomic E-state index is 13.0. The smallest absolute Gasteiger partial charge is 0.317 e. The molecular weight excluding hydrogens is 399 g/mol. The Morgan fingerprint density at radius 3 is 2.77 bits per heavy atom. The predicted molar refractivity (Wildman–Crippen MR) is 112 cm³/mol. The van der Waals surface area contributed by atoms with E-state index in [0.29, 0.717) is 51.0 Å². The van der Waals surface area contributed by atoms with E-state index in [4.69, 9.17) is 9.26 Å². The number of rotatable bonds is 8. The molecule has 0 spiro atoms. The second-order valence-electron chi connectivity index (χ2n) is 7.55. The third-order valence-electron chi connectivity index (χ3n) is 5.25. The molecule has 2 heterocycles. The van der Waals surface area contributed by atoms with E-state index in [9.17, 15) is 9.18 Å². The first-order valence-electron chi connectivity index (χ1n) is 10.4. The van der Waals surface area contributed by atoms with Crippen molar-refractivity contribution in [3.8, 4) is 0 Å². The Morgan fingerprint density at radius 1 is 1.16 bits per heavy atom. The topological polar surface area (TPSA) is 80.5 Å². The van der Waals surface area contributed by atoms with Crippen LogP contribution in [0.2, 0.25) is 0 Å². The zero-order chi connectivity index (χ0) is 21.5. The number of carbonyl (C=O) groups excluding carboxylic acids is 1. The van der Waals surface area contributed by atoms with E-state index in [0.717, 1.165) is 17.5 Å². The number of amides is 2. The molecule has 1 aromatic heterocycles. The van der Waals surface area contributed by atoms with Crippen LogP contribution < -0.4 is 5.32 Å². The van der Waals surface area contributed by atoms with Gasteiger partial charge in [-0.2, -0.15) is 4.98 Å². The number of ether oxygens (including phenoxy) is 1. The monoisotopic (exact) mass is 424 g/mol. The molecule has 3 aromatic rings. The van der Waals surface area contributed by atoms with Gasteiger partial charge in [0.15, 0.2) is 5.82 Å². The van der Waals surface area contributed by atoms with Gasteiger partial charge in [0, 0.05) is 26.1 Å². The summed E-state index contributed by atoms with van der Waals surface area (Å²) in [6.45, 7) is 2.57. The van der Waals surface area contributed by atoms with E-state index in [1.807, 2.05) is 30.3 Å². The molecule has 31 heavy (non-hydrogen) atoms. The first kappa shape index (κ1) is 21.0. The number of aromatic nitrogens is 2. The summed E-state index contributed by atoms with van der Waals surface area (Å²) >= 11 is 0. The van der Waals surface area contributed by atoms with Gasteiger partial charge >= 0.3 is 6.03 Å². The molecule has 0 aliphatic carbocycles. The summed E-state index contributed by atoms with van der Waals surface area (Å²) in [7, 11) is 0. The highest BCUT2D eigenvalue weighted by Gasteiger charge is 2.31. The lowest BCUT2D eigenvalue weighted by Gasteiger charge is -2.16. The fraction of sp³-hybridized carbons (Fsp3) is 0.348. The second kappa shape index (κ2) is 10.2. The lowest BCUT2D eigenvalue weighted by Crippen LogP contribution is -2.37. The minimum atomic E-state index is -0.292. The number of halogens is 1. The second-order valence-corrected chi connectivity index (χ2v) is 7.55. The Bertz CT molecular complexity index is 978. The minimum Gasteiger partial charge on any atom is -0.376 e. The SMILES string of the molecule is O=C(NCc1ccc(F)cc1)N1CCC(c2nc(CCOCc3ccccc3)no2)C1. The van der Waals surface area contributed by atoms with Gasteiger partial charge in [0.1, 0.15) is 5.82 Å². The summed E-state index contributed by atoms with van der Waals surface area (Å²) in [5.74, 6) is 0.913. The van der Waals surface area contributed by atoms with Crippen LogP contribution in [0.15, 0.2) is 59.1 Å². The predicted octanol–water partition coefficient (Wildman–Crippen LogP) is 3.67. The van der Waals surface area contributed by atoms with Gasteiger partial charge in [-0.15, -0.1) is 0 Å². The van der Waals surface area contributed by atoms with Gasteiger partial charge in [0.25, 0.3) is 0 Å². The largest absolute Gasteiger partial charge is 0.376 e. The van der Waals surface area contributed by atoms with Crippen molar-refractivity contribution in [1.82, 2.24) is 20.4 Å². The Balaban J connectivity index is 1.19. The molecule has 1 aliphatic heterocycles. The van der Waals surface area contributed by atoms with Crippen LogP contribution in [-0.2, 0) is 24.3 Å². The zero-order valence-corrected chi connectivity index (χ0v) is 17.2. The van der Waals surface area contributed by atoms with E-state index in [1.165, 1.54) is 12.1 Å². The fourth-order valence-electron chi connectivity index (χ4n) is 3.50. The van der Waals surface area contributed by atoms with Crippen molar-refractivity contribution in [2.45, 2.75) is 31.9 Å². The van der Waals surface area contributed by atoms with Crippen LogP contribution in [0.4, 0.5) is 9.18 Å². The number of carbonyl (C=O) groups is 1. The Kier molecular flexibility index (Phi) is 6.89. The molecule has 1 saturated heterocycles. The molecule has 4 rings (SSSR count). The normalized spacial score (nSPS) is 15.9. The van der Waals surface area contributed by atoms with E-state index < -0.39 is 0 Å². The third-order valence-corrected chi connectivity index (χ3v) is 5.25. The maximum atomic E-state index is 13.0. The first-order valence-corrected chi connectivity index (χ1v) is 10.4. The number of benzene rings is 2. The molecule has 162 valence electrons. The van der Waals surface area contributed by atoms with Crippen LogP contribution in [-0.4, -0.2) is 40.8 Å². The molecule has 0 bridgehead atoms. The Labute approximate surface area is 180 Å². The molecule has 1 unspecified atom stereocenters. The molecule has 1 fully saturated rings. The minimum absolute atomic E-state index is 0.0306. The summed E-state index contributed by atoms with van der Waals surface area (Å²) < 4.78 is 24.1. The summed E-state index contributed by atoms with van der Waals surface area (Å²) in [5.41, 5.74) is 1.97. The van der Waals surface area contributed by atoms with E-state index in [2.05, 4.69) is 15.5 Å². The number of hydrogen-bond acceptors (Lipinski definition) is 5. The highest BCUT2D eigenvalue weighted by molar-refractivity contribution is 5.74. The van der Waals surface area contributed by atoms with Gasteiger partial charge in [0.2, 0.25) is 5.89 Å². The number of likely N-dealkylation sites (tertiary alicyclic amines) is 1. The van der Waals surface area contributed by atoms with Crippen LogP contribution >= 0.6 is 0 Å². The molecule has 0 saturated carbocycles. The lowest BCUT2D eigenvalue weighted by molar-refractivity contribution is 0.122. The number of urea groups is 1. The fourth-order valence-corrected chi connectivity index (χ4v) is 3.50. The van der Waals surface area contributed by atoms with Crippen LogP contribution in [0.25, 0.3) is 0 Å². The van der Waals surface area contributed by atoms with Gasteiger partial charge in [-0.25, -0.2) is 9.18 Å². The summed E-state index contributed by atoms with van der Waals surface area (Å²) in [6, 6.07) is 15.9. The van der Waals surface area contributed by atoms with E-state index >= 15 is 0 Å². The highest BCUT2D eigenvalue weighted by Crippen LogP contribution is 2.26. The zero-order valence-electron chi connectivity index (χ0n) is 17.2. The molecule has 1 N–H and O–H groups in total. The molecule has 0 radical (unpaired) electrons. The van der Waals surface area contributed by atoms with Gasteiger partial charge in [0.05, 0.1) is 19.1 Å². The number of hydrogen-bond donors (Lipinski definition) is 1. The van der Waals surface area contributed by atoms with Crippen molar-refractivity contribution in [1.29, 1.82) is 0 Å². The summed E-state index contributed by atoms with van der Waals surface area (Å²) in [6.07, 6.45) is 1.35. The van der Waals surface area contributed by atoms with Crippen LogP contribution in [0.3, 0.4) is 0 Å². The molecule has 7 nitrogen and oxygen atoms in total. The van der Waals surface area contributed by atoms with Gasteiger partial charge in [-0.05, 0) is 29.7 Å². The first-order chi connectivity index (χ1) is 15.2. The van der Waals surface area contributed by atoms with Crippen LogP contribution in [0.1, 0.15) is 35.2 Å². The molecule has 2 aromatic carbocycles. The standard InChI is InChI=1S/C23H25FN4O3/c24-20-8-6-17(7-9-20)14-25-23(29)28-12-10-19(15-28)22-26-21(27-31-22)11-13-30-16-18-4-2-1-3-5-18/h1-9,19H,10-16H2,(H,25,29). The average Bonchev–Trinajstić information content (AvgIpc) is 3.47. The average molecular weight is 424 g/mol. The lowest BCUT2D eigenvalue weighted by atomic mass is 10.1. The quantitative estimate of drug-likeness (QED) is 0.558. The molecule has 1 atom stereocenters. The summed E-state index contributed by atoms with van der Waals surface area (Å²) in [5, 5.41) is 6.91. The van der Waals surface area contributed by atoms with Crippen molar-refractivity contribution in [3.05, 3.63) is 83.3 Å². The van der Waals surface area contributed by atoms with Crippen molar-refractivity contribution < 1.29 is 18.4 Å². The maximum Gasteiger partial charge on any atom is 0.317 e. The highest BCUT2D eigenvalue weighted by atomic mass is 19.1. The molecular formula is C23H25FN4O3. The third kappa shape index (κ3) is 5.88. The van der Waals surface area contributed by atoms with Crippen molar-refractivity contribution in [3.63, 3.8) is 0 Å². The molecule has 8 heteroatoms. The molecule has 2 amide bonds. The van der Waals surface area contributed by atoms with E-state index in [-0.39, 0.29) is 17.8 Å². The molecule has 1 aliphatic rings. The van der Waals surface area contributed by atoms with Crippen molar-refractivity contribution in [2.75, 3.05) is 19.7 Å². The Morgan fingerprint density at radius 2 is 1.97 bits per heavy atom. The van der Waals surface area contributed by atoms with Gasteiger partial charge < -0.3 is 19.5 Å². The van der Waals surface area contributed by atoms with Crippen LogP contribution in [0.5, 0.6) is 0 Å². The van der Waals surface area contributed by atoms with Crippen LogP contribution in [0, 0.1) is 5.82 Å². The summed E-state index contributed by atoms with van der Waals surface area (Å²) in [4.78, 5) is 18.6. The van der Waals surface area contributed by atoms with Gasteiger partial charge in [-0.1, -0.05) is 47.6 Å². The van der Waals surface area contributed by atoms with Gasteiger partial charge in [-0.3, -0.25) is 0 Å². The Hall–Kier alpha value is -3.26. The van der Waals surface area contributed by atoms with Crippen molar-refractivity contribution >= 4 is 6.03 Å². The number of nitrogens with one attached hydrogen (secondary N) is 1. The van der Waals surface area contributed by atoms with Crippen molar-refractivity contribution in [2.24, 2.45) is 0 Å². The number of nitrogens with zero attached hydrogens (tertiary/aromatic N) is 3.